The number of hydrogen-bond donors (Lipinski definition) is 1. The van der Waals surface area contributed by atoms with Gasteiger partial charge >= 0.3 is 5.97 Å². The van der Waals surface area contributed by atoms with Gasteiger partial charge in [0, 0.05) is 26.6 Å². The molecule has 0 bridgehead atoms. The van der Waals surface area contributed by atoms with Crippen LogP contribution in [0.3, 0.4) is 0 Å². The van der Waals surface area contributed by atoms with E-state index in [0.717, 1.165) is 12.5 Å². The number of aliphatic carboxylic acids is 1. The Balaban J connectivity index is 2.35. The van der Waals surface area contributed by atoms with Gasteiger partial charge in [-0.05, 0) is 31.6 Å². The summed E-state index contributed by atoms with van der Waals surface area (Å²) < 4.78 is 5.50. The van der Waals surface area contributed by atoms with Crippen LogP contribution in [-0.2, 0) is 14.3 Å². The molecular weight excluding hydrogens is 258 g/mol. The van der Waals surface area contributed by atoms with Crippen molar-refractivity contribution in [3.8, 4) is 0 Å². The second-order valence-electron chi connectivity index (χ2n) is 5.80. The number of nitrogens with zero attached hydrogens (tertiary/aromatic N) is 1. The highest BCUT2D eigenvalue weighted by Gasteiger charge is 2.37. The fourth-order valence-corrected chi connectivity index (χ4v) is 2.16. The summed E-state index contributed by atoms with van der Waals surface area (Å²) in [4.78, 5) is 25.1. The summed E-state index contributed by atoms with van der Waals surface area (Å²) in [5.41, 5.74) is -0.930. The zero-order valence-corrected chi connectivity index (χ0v) is 12.9. The molecule has 1 rings (SSSR count). The number of carboxylic acid groups (broad SMARTS) is 1. The van der Waals surface area contributed by atoms with Crippen molar-refractivity contribution in [1.82, 2.24) is 4.90 Å². The third-order valence-corrected chi connectivity index (χ3v) is 4.34. The van der Waals surface area contributed by atoms with Crippen molar-refractivity contribution >= 4 is 11.9 Å². The molecule has 1 fully saturated rings. The Labute approximate surface area is 121 Å². The predicted molar refractivity (Wildman–Crippen MR) is 76.4 cm³/mol. The molecular formula is C15H27NO4. The lowest BCUT2D eigenvalue weighted by molar-refractivity contribution is -0.154. The molecule has 0 saturated heterocycles. The van der Waals surface area contributed by atoms with Crippen molar-refractivity contribution in [2.75, 3.05) is 26.8 Å². The van der Waals surface area contributed by atoms with Gasteiger partial charge in [-0.25, -0.2) is 0 Å². The van der Waals surface area contributed by atoms with Crippen LogP contribution >= 0.6 is 0 Å². The number of likely N-dealkylation sites (N-methyl/N-ethyl adjacent to an activating group) is 1. The Kier molecular flexibility index (Phi) is 6.46. The molecule has 0 aromatic heterocycles. The number of amides is 1. The Morgan fingerprint density at radius 2 is 1.90 bits per heavy atom. The Morgan fingerprint density at radius 3 is 2.35 bits per heavy atom. The van der Waals surface area contributed by atoms with Crippen molar-refractivity contribution in [2.45, 2.75) is 46.0 Å². The molecule has 1 N–H and O–H groups in total. The quantitative estimate of drug-likeness (QED) is 0.625. The van der Waals surface area contributed by atoms with Crippen molar-refractivity contribution < 1.29 is 19.4 Å². The van der Waals surface area contributed by atoms with Crippen LogP contribution in [0, 0.1) is 11.3 Å². The molecule has 1 saturated carbocycles. The number of ether oxygens (including phenoxy) is 1. The summed E-state index contributed by atoms with van der Waals surface area (Å²) in [6, 6.07) is 0. The van der Waals surface area contributed by atoms with Gasteiger partial charge in [-0.2, -0.15) is 0 Å². The van der Waals surface area contributed by atoms with Crippen molar-refractivity contribution in [3.05, 3.63) is 0 Å². The standard InChI is InChI=1S/C15H27NO4/c1-4-15(5-2,14(18)19)10-13(17)16(3)8-9-20-11-12-6-7-12/h12H,4-11H2,1-3H3,(H,18,19). The minimum atomic E-state index is -0.930. The topological polar surface area (TPSA) is 66.8 Å². The highest BCUT2D eigenvalue weighted by molar-refractivity contribution is 5.84. The van der Waals surface area contributed by atoms with Crippen molar-refractivity contribution in [1.29, 1.82) is 0 Å². The van der Waals surface area contributed by atoms with Crippen LogP contribution < -0.4 is 0 Å². The van der Waals surface area contributed by atoms with E-state index in [1.807, 2.05) is 13.8 Å². The van der Waals surface area contributed by atoms with Gasteiger partial charge in [0.05, 0.1) is 12.0 Å². The number of carbonyl (C=O) groups is 2. The summed E-state index contributed by atoms with van der Waals surface area (Å²) in [5.74, 6) is -0.281. The summed E-state index contributed by atoms with van der Waals surface area (Å²) in [7, 11) is 1.71. The zero-order chi connectivity index (χ0) is 15.2. The molecule has 0 atom stereocenters. The molecule has 0 aromatic rings. The molecule has 1 amide bonds. The summed E-state index contributed by atoms with van der Waals surface area (Å²) in [5, 5.41) is 9.34. The van der Waals surface area contributed by atoms with Crippen LogP contribution in [-0.4, -0.2) is 48.7 Å². The number of hydrogen-bond acceptors (Lipinski definition) is 3. The van der Waals surface area contributed by atoms with Gasteiger partial charge in [-0.1, -0.05) is 13.8 Å². The number of rotatable bonds is 10. The summed E-state index contributed by atoms with van der Waals surface area (Å²) in [6.07, 6.45) is 3.51. The second kappa shape index (κ2) is 7.62. The Hall–Kier alpha value is -1.10. The molecule has 0 aromatic carbocycles. The molecule has 20 heavy (non-hydrogen) atoms. The first-order valence-corrected chi connectivity index (χ1v) is 7.50. The molecule has 5 nitrogen and oxygen atoms in total. The number of carbonyl (C=O) groups excluding carboxylic acids is 1. The maximum absolute atomic E-state index is 12.1. The Morgan fingerprint density at radius 1 is 1.30 bits per heavy atom. The van der Waals surface area contributed by atoms with Gasteiger partial charge in [0.2, 0.25) is 5.91 Å². The summed E-state index contributed by atoms with van der Waals surface area (Å²) in [6.45, 7) is 5.48. The highest BCUT2D eigenvalue weighted by Crippen LogP contribution is 2.31. The number of carboxylic acids is 1. The van der Waals surface area contributed by atoms with Crippen LogP contribution in [0.2, 0.25) is 0 Å². The molecule has 1 aliphatic carbocycles. The lowest BCUT2D eigenvalue weighted by Crippen LogP contribution is -2.38. The molecule has 0 heterocycles. The molecule has 116 valence electrons. The van der Waals surface area contributed by atoms with Crippen LogP contribution in [0.5, 0.6) is 0 Å². The van der Waals surface area contributed by atoms with Gasteiger partial charge in [0.25, 0.3) is 0 Å². The van der Waals surface area contributed by atoms with E-state index in [-0.39, 0.29) is 12.3 Å². The largest absolute Gasteiger partial charge is 0.481 e. The maximum Gasteiger partial charge on any atom is 0.310 e. The summed E-state index contributed by atoms with van der Waals surface area (Å²) >= 11 is 0. The molecule has 0 aliphatic heterocycles. The zero-order valence-electron chi connectivity index (χ0n) is 12.9. The van der Waals surface area contributed by atoms with Crippen molar-refractivity contribution in [3.63, 3.8) is 0 Å². The smallest absolute Gasteiger partial charge is 0.310 e. The fourth-order valence-electron chi connectivity index (χ4n) is 2.16. The van der Waals surface area contributed by atoms with Crippen LogP contribution in [0.1, 0.15) is 46.0 Å². The lowest BCUT2D eigenvalue weighted by Gasteiger charge is -2.28. The third kappa shape index (κ3) is 4.78. The lowest BCUT2D eigenvalue weighted by atomic mass is 9.79. The van der Waals surface area contributed by atoms with E-state index < -0.39 is 11.4 Å². The Bertz CT molecular complexity index is 335. The molecule has 5 heteroatoms. The van der Waals surface area contributed by atoms with E-state index in [0.29, 0.717) is 26.0 Å². The van der Waals surface area contributed by atoms with E-state index in [4.69, 9.17) is 4.74 Å². The monoisotopic (exact) mass is 285 g/mol. The van der Waals surface area contributed by atoms with Crippen molar-refractivity contribution in [2.24, 2.45) is 11.3 Å². The third-order valence-electron chi connectivity index (χ3n) is 4.34. The fraction of sp³-hybridized carbons (Fsp3) is 0.867. The van der Waals surface area contributed by atoms with Gasteiger partial charge in [-0.15, -0.1) is 0 Å². The molecule has 1 aliphatic rings. The normalized spacial score (nSPS) is 15.2. The van der Waals surface area contributed by atoms with Gasteiger partial charge in [0.1, 0.15) is 0 Å². The van der Waals surface area contributed by atoms with E-state index in [1.165, 1.54) is 12.8 Å². The highest BCUT2D eigenvalue weighted by atomic mass is 16.5. The molecule has 0 unspecified atom stereocenters. The predicted octanol–water partition coefficient (Wildman–Crippen LogP) is 2.15. The minimum Gasteiger partial charge on any atom is -0.481 e. The first-order valence-electron chi connectivity index (χ1n) is 7.50. The van der Waals surface area contributed by atoms with Gasteiger partial charge < -0.3 is 14.7 Å². The van der Waals surface area contributed by atoms with Crippen LogP contribution in [0.4, 0.5) is 0 Å². The first kappa shape index (κ1) is 17.0. The van der Waals surface area contributed by atoms with Crippen LogP contribution in [0.15, 0.2) is 0 Å². The van der Waals surface area contributed by atoms with Gasteiger partial charge in [0.15, 0.2) is 0 Å². The second-order valence-corrected chi connectivity index (χ2v) is 5.80. The van der Waals surface area contributed by atoms with Gasteiger partial charge in [-0.3, -0.25) is 9.59 Å². The van der Waals surface area contributed by atoms with E-state index >= 15 is 0 Å². The minimum absolute atomic E-state index is 0.0639. The molecule has 0 spiro atoms. The van der Waals surface area contributed by atoms with Crippen LogP contribution in [0.25, 0.3) is 0 Å². The van der Waals surface area contributed by atoms with E-state index in [2.05, 4.69) is 0 Å². The average molecular weight is 285 g/mol. The van der Waals surface area contributed by atoms with E-state index in [9.17, 15) is 14.7 Å². The average Bonchev–Trinajstić information content (AvgIpc) is 3.24. The molecule has 0 radical (unpaired) electrons. The maximum atomic E-state index is 12.1. The first-order chi connectivity index (χ1) is 9.45. The SMILES string of the molecule is CCC(CC)(CC(=O)N(C)CCOCC1CC1)C(=O)O. The van der Waals surface area contributed by atoms with E-state index in [1.54, 1.807) is 11.9 Å².